The fourth-order valence-corrected chi connectivity index (χ4v) is 3.49. The summed E-state index contributed by atoms with van der Waals surface area (Å²) in [6, 6.07) is 15.1. The number of benzene rings is 1. The van der Waals surface area contributed by atoms with Crippen LogP contribution in [0, 0.1) is 17.1 Å². The summed E-state index contributed by atoms with van der Waals surface area (Å²) >= 11 is 0. The van der Waals surface area contributed by atoms with Crippen LogP contribution in [-0.2, 0) is 0 Å². The van der Waals surface area contributed by atoms with Gasteiger partial charge in [-0.3, -0.25) is 9.38 Å². The standard InChI is InChI=1S/C22H15FN4/c23-20-7-5-15(10-19(20)14-3-4-14)22-18(2-1-9-25-22)16-6-8-21-26-12-17(11-24)27(21)13-16/h1-2,5-10,12-14H,3-4H2. The van der Waals surface area contributed by atoms with Crippen molar-refractivity contribution in [2.24, 2.45) is 0 Å². The molecule has 1 aliphatic rings. The summed E-state index contributed by atoms with van der Waals surface area (Å²) in [4.78, 5) is 8.81. The normalized spacial score (nSPS) is 13.6. The lowest BCUT2D eigenvalue weighted by atomic mass is 9.98. The summed E-state index contributed by atoms with van der Waals surface area (Å²) in [6.45, 7) is 0. The fraction of sp³-hybridized carbons (Fsp3) is 0.136. The maximum absolute atomic E-state index is 14.2. The van der Waals surface area contributed by atoms with E-state index in [1.807, 2.05) is 36.5 Å². The first-order valence-electron chi connectivity index (χ1n) is 8.87. The molecule has 0 spiro atoms. The second-order valence-electron chi connectivity index (χ2n) is 6.81. The van der Waals surface area contributed by atoms with E-state index in [1.165, 1.54) is 6.07 Å². The first-order chi connectivity index (χ1) is 13.2. The highest BCUT2D eigenvalue weighted by molar-refractivity contribution is 5.81. The van der Waals surface area contributed by atoms with E-state index >= 15 is 0 Å². The van der Waals surface area contributed by atoms with Crippen molar-refractivity contribution in [2.75, 3.05) is 0 Å². The highest BCUT2D eigenvalue weighted by atomic mass is 19.1. The predicted molar refractivity (Wildman–Crippen MR) is 101 cm³/mol. The second-order valence-corrected chi connectivity index (χ2v) is 6.81. The number of nitrogens with zero attached hydrogens (tertiary/aromatic N) is 4. The minimum absolute atomic E-state index is 0.141. The van der Waals surface area contributed by atoms with E-state index in [4.69, 9.17) is 0 Å². The minimum Gasteiger partial charge on any atom is -0.291 e. The molecule has 1 aromatic carbocycles. The highest BCUT2D eigenvalue weighted by Crippen LogP contribution is 2.43. The van der Waals surface area contributed by atoms with Crippen molar-refractivity contribution < 1.29 is 4.39 Å². The molecule has 5 rings (SSSR count). The van der Waals surface area contributed by atoms with E-state index in [-0.39, 0.29) is 5.82 Å². The monoisotopic (exact) mass is 354 g/mol. The quantitative estimate of drug-likeness (QED) is 0.523. The van der Waals surface area contributed by atoms with Gasteiger partial charge in [-0.1, -0.05) is 6.07 Å². The van der Waals surface area contributed by atoms with Crippen molar-refractivity contribution in [3.8, 4) is 28.5 Å². The number of fused-ring (bicyclic) bond motifs is 1. The van der Waals surface area contributed by atoms with Crippen molar-refractivity contribution in [1.29, 1.82) is 5.26 Å². The molecule has 1 saturated carbocycles. The Hall–Kier alpha value is -3.52. The number of hydrogen-bond donors (Lipinski definition) is 0. The molecule has 130 valence electrons. The highest BCUT2D eigenvalue weighted by Gasteiger charge is 2.27. The molecular weight excluding hydrogens is 339 g/mol. The third kappa shape index (κ3) is 2.67. The third-order valence-electron chi connectivity index (χ3n) is 5.03. The van der Waals surface area contributed by atoms with Gasteiger partial charge in [0.1, 0.15) is 23.2 Å². The molecule has 0 bridgehead atoms. The maximum Gasteiger partial charge on any atom is 0.144 e. The van der Waals surface area contributed by atoms with Gasteiger partial charge in [0.25, 0.3) is 0 Å². The first-order valence-corrected chi connectivity index (χ1v) is 8.87. The summed E-state index contributed by atoms with van der Waals surface area (Å²) in [5.41, 5.74) is 5.55. The Morgan fingerprint density at radius 2 is 1.93 bits per heavy atom. The van der Waals surface area contributed by atoms with Crippen molar-refractivity contribution in [1.82, 2.24) is 14.4 Å². The average Bonchev–Trinajstić information content (AvgIpc) is 3.47. The maximum atomic E-state index is 14.2. The molecule has 0 amide bonds. The van der Waals surface area contributed by atoms with Crippen molar-refractivity contribution in [3.63, 3.8) is 0 Å². The molecule has 1 fully saturated rings. The van der Waals surface area contributed by atoms with Crippen LogP contribution in [0.25, 0.3) is 28.0 Å². The van der Waals surface area contributed by atoms with Crippen LogP contribution >= 0.6 is 0 Å². The van der Waals surface area contributed by atoms with E-state index in [0.717, 1.165) is 46.4 Å². The van der Waals surface area contributed by atoms with E-state index in [9.17, 15) is 9.65 Å². The number of halogens is 1. The van der Waals surface area contributed by atoms with Crippen molar-refractivity contribution in [2.45, 2.75) is 18.8 Å². The third-order valence-corrected chi connectivity index (χ3v) is 5.03. The Morgan fingerprint density at radius 3 is 2.74 bits per heavy atom. The van der Waals surface area contributed by atoms with Crippen LogP contribution in [0.2, 0.25) is 0 Å². The molecule has 27 heavy (non-hydrogen) atoms. The van der Waals surface area contributed by atoms with Gasteiger partial charge in [-0.05, 0) is 60.7 Å². The van der Waals surface area contributed by atoms with Crippen LogP contribution < -0.4 is 0 Å². The lowest BCUT2D eigenvalue weighted by Crippen LogP contribution is -1.94. The summed E-state index contributed by atoms with van der Waals surface area (Å²) < 4.78 is 15.9. The molecule has 4 nitrogen and oxygen atoms in total. The number of pyridine rings is 2. The Kier molecular flexibility index (Phi) is 3.51. The van der Waals surface area contributed by atoms with Crippen molar-refractivity contribution in [3.05, 3.63) is 78.1 Å². The summed E-state index contributed by atoms with van der Waals surface area (Å²) in [7, 11) is 0. The molecule has 5 heteroatoms. The molecule has 0 aliphatic heterocycles. The smallest absolute Gasteiger partial charge is 0.144 e. The van der Waals surface area contributed by atoms with Gasteiger partial charge in [-0.2, -0.15) is 5.26 Å². The lowest BCUT2D eigenvalue weighted by Gasteiger charge is -2.11. The molecule has 0 unspecified atom stereocenters. The average molecular weight is 354 g/mol. The topological polar surface area (TPSA) is 54.0 Å². The predicted octanol–water partition coefficient (Wildman–Crippen LogP) is 4.95. The first kappa shape index (κ1) is 15.7. The molecule has 3 heterocycles. The summed E-state index contributed by atoms with van der Waals surface area (Å²) in [5, 5.41) is 9.27. The van der Waals surface area contributed by atoms with Gasteiger partial charge < -0.3 is 0 Å². The zero-order chi connectivity index (χ0) is 18.4. The minimum atomic E-state index is -0.141. The Bertz CT molecular complexity index is 1210. The van der Waals surface area contributed by atoms with Gasteiger partial charge in [-0.25, -0.2) is 9.37 Å². The van der Waals surface area contributed by atoms with E-state index in [1.54, 1.807) is 22.9 Å². The fourth-order valence-electron chi connectivity index (χ4n) is 3.49. The van der Waals surface area contributed by atoms with Crippen LogP contribution in [0.3, 0.4) is 0 Å². The molecule has 1 aliphatic carbocycles. The Labute approximate surface area is 155 Å². The largest absolute Gasteiger partial charge is 0.291 e. The number of aromatic nitrogens is 3. The van der Waals surface area contributed by atoms with Crippen LogP contribution in [0.15, 0.2) is 61.1 Å². The summed E-state index contributed by atoms with van der Waals surface area (Å²) in [5.74, 6) is 0.190. The molecular formula is C22H15FN4. The van der Waals surface area contributed by atoms with Crippen LogP contribution in [0.5, 0.6) is 0 Å². The Morgan fingerprint density at radius 1 is 1.07 bits per heavy atom. The molecule has 3 aromatic heterocycles. The lowest BCUT2D eigenvalue weighted by molar-refractivity contribution is 0.611. The van der Waals surface area contributed by atoms with E-state index < -0.39 is 0 Å². The Balaban J connectivity index is 1.67. The van der Waals surface area contributed by atoms with Gasteiger partial charge in [0, 0.05) is 29.1 Å². The molecule has 0 N–H and O–H groups in total. The molecule has 0 radical (unpaired) electrons. The zero-order valence-electron chi connectivity index (χ0n) is 14.4. The molecule has 4 aromatic rings. The van der Waals surface area contributed by atoms with E-state index in [0.29, 0.717) is 11.6 Å². The van der Waals surface area contributed by atoms with Gasteiger partial charge >= 0.3 is 0 Å². The molecule has 0 saturated heterocycles. The van der Waals surface area contributed by atoms with Crippen LogP contribution in [0.1, 0.15) is 30.0 Å². The summed E-state index contributed by atoms with van der Waals surface area (Å²) in [6.07, 6.45) is 7.29. The van der Waals surface area contributed by atoms with Crippen LogP contribution in [-0.4, -0.2) is 14.4 Å². The van der Waals surface area contributed by atoms with Gasteiger partial charge in [0.05, 0.1) is 11.9 Å². The number of nitriles is 1. The van der Waals surface area contributed by atoms with Gasteiger partial charge in [-0.15, -0.1) is 0 Å². The second kappa shape index (κ2) is 6.03. The number of rotatable bonds is 3. The van der Waals surface area contributed by atoms with Gasteiger partial charge in [0.15, 0.2) is 0 Å². The molecule has 0 atom stereocenters. The SMILES string of the molecule is N#Cc1cnc2ccc(-c3cccnc3-c3ccc(F)c(C4CC4)c3)cn12. The van der Waals surface area contributed by atoms with Gasteiger partial charge in [0.2, 0.25) is 0 Å². The van der Waals surface area contributed by atoms with Crippen molar-refractivity contribution >= 4 is 5.65 Å². The number of imidazole rings is 1. The number of hydrogen-bond acceptors (Lipinski definition) is 3. The van der Waals surface area contributed by atoms with E-state index in [2.05, 4.69) is 16.0 Å². The van der Waals surface area contributed by atoms with Crippen LogP contribution in [0.4, 0.5) is 4.39 Å². The zero-order valence-corrected chi connectivity index (χ0v) is 14.4.